The van der Waals surface area contributed by atoms with Crippen molar-refractivity contribution in [2.24, 2.45) is 11.3 Å². The highest BCUT2D eigenvalue weighted by molar-refractivity contribution is 5.96. The topological polar surface area (TPSA) is 59.6 Å². The van der Waals surface area contributed by atoms with Gasteiger partial charge in [0.05, 0.1) is 11.5 Å². The molecule has 3 aliphatic rings. The summed E-state index contributed by atoms with van der Waals surface area (Å²) in [5, 5.41) is 6.59. The van der Waals surface area contributed by atoms with Gasteiger partial charge in [-0.05, 0) is 50.3 Å². The molecule has 2 N–H and O–H groups in total. The van der Waals surface area contributed by atoms with E-state index in [1.54, 1.807) is 0 Å². The summed E-state index contributed by atoms with van der Waals surface area (Å²) < 4.78 is 11.4. The maximum absolute atomic E-state index is 13.0. The molecule has 2 saturated heterocycles. The van der Waals surface area contributed by atoms with Crippen molar-refractivity contribution in [3.63, 3.8) is 0 Å². The van der Waals surface area contributed by atoms with E-state index in [0.29, 0.717) is 12.5 Å². The molecule has 5 nitrogen and oxygen atoms in total. The van der Waals surface area contributed by atoms with E-state index in [-0.39, 0.29) is 17.4 Å². The molecule has 0 spiro atoms. The Labute approximate surface area is 149 Å². The van der Waals surface area contributed by atoms with Gasteiger partial charge in [-0.1, -0.05) is 18.9 Å². The van der Waals surface area contributed by atoms with Crippen LogP contribution in [-0.2, 0) is 9.53 Å². The van der Waals surface area contributed by atoms with E-state index >= 15 is 0 Å². The average Bonchev–Trinajstić information content (AvgIpc) is 3.30. The molecule has 0 radical (unpaired) electrons. The summed E-state index contributed by atoms with van der Waals surface area (Å²) in [4.78, 5) is 13.0. The first-order chi connectivity index (χ1) is 12.3. The van der Waals surface area contributed by atoms with Crippen LogP contribution in [-0.4, -0.2) is 38.3 Å². The van der Waals surface area contributed by atoms with Crippen LogP contribution >= 0.6 is 0 Å². The van der Waals surface area contributed by atoms with Crippen LogP contribution in [0, 0.1) is 11.3 Å². The van der Waals surface area contributed by atoms with Crippen LogP contribution in [0.1, 0.15) is 38.5 Å². The second-order valence-electron chi connectivity index (χ2n) is 7.66. The Morgan fingerprint density at radius 3 is 3.16 bits per heavy atom. The Morgan fingerprint density at radius 1 is 1.32 bits per heavy atom. The molecule has 0 bridgehead atoms. The molecule has 2 heterocycles. The van der Waals surface area contributed by atoms with Crippen molar-refractivity contribution in [1.29, 1.82) is 0 Å². The number of fused-ring (bicyclic) bond motifs is 1. The van der Waals surface area contributed by atoms with Gasteiger partial charge in [-0.15, -0.1) is 0 Å². The minimum Gasteiger partial charge on any atom is -0.491 e. The summed E-state index contributed by atoms with van der Waals surface area (Å²) in [5.41, 5.74) is 0.590. The van der Waals surface area contributed by atoms with Crippen molar-refractivity contribution in [2.45, 2.75) is 44.6 Å². The Balaban J connectivity index is 1.40. The van der Waals surface area contributed by atoms with Crippen LogP contribution in [0.2, 0.25) is 0 Å². The predicted molar refractivity (Wildman–Crippen MR) is 96.8 cm³/mol. The molecule has 1 aromatic carbocycles. The zero-order valence-electron chi connectivity index (χ0n) is 14.8. The van der Waals surface area contributed by atoms with E-state index < -0.39 is 0 Å². The van der Waals surface area contributed by atoms with Crippen molar-refractivity contribution in [2.75, 3.05) is 31.6 Å². The third kappa shape index (κ3) is 3.53. The van der Waals surface area contributed by atoms with Crippen LogP contribution < -0.4 is 15.4 Å². The average molecular weight is 344 g/mol. The first-order valence-corrected chi connectivity index (χ1v) is 9.63. The second-order valence-corrected chi connectivity index (χ2v) is 7.66. The summed E-state index contributed by atoms with van der Waals surface area (Å²) in [7, 11) is 0. The minimum atomic E-state index is -0.229. The maximum atomic E-state index is 13.0. The fourth-order valence-electron chi connectivity index (χ4n) is 4.57. The molecular formula is C20H28N2O3. The Hall–Kier alpha value is -1.59. The van der Waals surface area contributed by atoms with E-state index in [1.807, 2.05) is 24.3 Å². The van der Waals surface area contributed by atoms with E-state index in [4.69, 9.17) is 9.47 Å². The quantitative estimate of drug-likeness (QED) is 0.862. The number of ether oxygens (including phenoxy) is 2. The van der Waals surface area contributed by atoms with Crippen LogP contribution in [0.25, 0.3) is 0 Å². The predicted octanol–water partition coefficient (Wildman–Crippen LogP) is 2.96. The molecule has 136 valence electrons. The first kappa shape index (κ1) is 16.9. The van der Waals surface area contributed by atoms with Crippen LogP contribution in [0.15, 0.2) is 24.3 Å². The van der Waals surface area contributed by atoms with Gasteiger partial charge in [-0.3, -0.25) is 4.79 Å². The number of anilines is 1. The zero-order valence-corrected chi connectivity index (χ0v) is 14.8. The SMILES string of the molecule is O=C(Nc1cccc(OCC2CCCO2)c1)[C@@]12CCCC[C@H]1CNC2. The highest BCUT2D eigenvalue weighted by Crippen LogP contribution is 2.44. The molecule has 25 heavy (non-hydrogen) atoms. The van der Waals surface area contributed by atoms with Crippen LogP contribution in [0.3, 0.4) is 0 Å². The Morgan fingerprint density at radius 2 is 2.28 bits per heavy atom. The second kappa shape index (κ2) is 7.34. The lowest BCUT2D eigenvalue weighted by atomic mass is 9.67. The molecule has 1 amide bonds. The van der Waals surface area contributed by atoms with E-state index in [1.165, 1.54) is 6.42 Å². The van der Waals surface area contributed by atoms with Gasteiger partial charge >= 0.3 is 0 Å². The van der Waals surface area contributed by atoms with E-state index in [0.717, 1.165) is 63.2 Å². The molecule has 1 unspecified atom stereocenters. The molecule has 4 rings (SSSR count). The number of hydrogen-bond donors (Lipinski definition) is 2. The van der Waals surface area contributed by atoms with Crippen molar-refractivity contribution in [3.8, 4) is 5.75 Å². The van der Waals surface area contributed by atoms with Crippen molar-refractivity contribution >= 4 is 11.6 Å². The summed E-state index contributed by atoms with van der Waals surface area (Å²) in [5.74, 6) is 1.43. The normalized spacial score (nSPS) is 31.5. The summed E-state index contributed by atoms with van der Waals surface area (Å²) in [6.07, 6.45) is 6.92. The first-order valence-electron chi connectivity index (χ1n) is 9.63. The largest absolute Gasteiger partial charge is 0.491 e. The number of hydrogen-bond acceptors (Lipinski definition) is 4. The van der Waals surface area contributed by atoms with E-state index in [2.05, 4.69) is 10.6 Å². The number of nitrogens with one attached hydrogen (secondary N) is 2. The summed E-state index contributed by atoms with van der Waals surface area (Å²) in [6, 6.07) is 7.73. The molecule has 3 atom stereocenters. The Kier molecular flexibility index (Phi) is 4.95. The molecule has 1 aromatic rings. The summed E-state index contributed by atoms with van der Waals surface area (Å²) >= 11 is 0. The highest BCUT2D eigenvalue weighted by Gasteiger charge is 2.49. The maximum Gasteiger partial charge on any atom is 0.232 e. The van der Waals surface area contributed by atoms with E-state index in [9.17, 15) is 4.79 Å². The molecular weight excluding hydrogens is 316 g/mol. The minimum absolute atomic E-state index is 0.165. The number of carbonyl (C=O) groups is 1. The van der Waals surface area contributed by atoms with Gasteiger partial charge in [-0.2, -0.15) is 0 Å². The lowest BCUT2D eigenvalue weighted by Gasteiger charge is -2.37. The third-order valence-electron chi connectivity index (χ3n) is 6.04. The van der Waals surface area contributed by atoms with Crippen molar-refractivity contribution in [3.05, 3.63) is 24.3 Å². The van der Waals surface area contributed by atoms with Crippen LogP contribution in [0.5, 0.6) is 5.75 Å². The van der Waals surface area contributed by atoms with Gasteiger partial charge in [0, 0.05) is 24.9 Å². The van der Waals surface area contributed by atoms with Gasteiger partial charge in [0.15, 0.2) is 0 Å². The number of carbonyl (C=O) groups excluding carboxylic acids is 1. The van der Waals surface area contributed by atoms with Crippen molar-refractivity contribution in [1.82, 2.24) is 5.32 Å². The number of amides is 1. The smallest absolute Gasteiger partial charge is 0.232 e. The molecule has 3 fully saturated rings. The van der Waals surface area contributed by atoms with Gasteiger partial charge < -0.3 is 20.1 Å². The lowest BCUT2D eigenvalue weighted by molar-refractivity contribution is -0.128. The van der Waals surface area contributed by atoms with Gasteiger partial charge in [0.1, 0.15) is 12.4 Å². The standard InChI is InChI=1S/C20H28N2O3/c23-19(20-9-2-1-5-15(20)12-21-14-20)22-16-6-3-7-17(11-16)25-13-18-8-4-10-24-18/h3,6-7,11,15,18,21H,1-2,4-5,8-10,12-14H2,(H,22,23)/t15-,18?,20+/m0/s1. The van der Waals surface area contributed by atoms with Crippen molar-refractivity contribution < 1.29 is 14.3 Å². The number of benzene rings is 1. The van der Waals surface area contributed by atoms with Gasteiger partial charge in [0.25, 0.3) is 0 Å². The fraction of sp³-hybridized carbons (Fsp3) is 0.650. The fourth-order valence-corrected chi connectivity index (χ4v) is 4.57. The molecule has 1 aliphatic carbocycles. The molecule has 1 saturated carbocycles. The zero-order chi connectivity index (χ0) is 17.1. The third-order valence-corrected chi connectivity index (χ3v) is 6.04. The summed E-state index contributed by atoms with van der Waals surface area (Å²) in [6.45, 7) is 3.19. The Bertz CT molecular complexity index is 615. The molecule has 0 aromatic heterocycles. The highest BCUT2D eigenvalue weighted by atomic mass is 16.5. The molecule has 5 heteroatoms. The number of rotatable bonds is 5. The molecule has 2 aliphatic heterocycles. The monoisotopic (exact) mass is 344 g/mol. The lowest BCUT2D eigenvalue weighted by Crippen LogP contribution is -2.44. The van der Waals surface area contributed by atoms with Gasteiger partial charge in [-0.25, -0.2) is 0 Å². The van der Waals surface area contributed by atoms with Gasteiger partial charge in [0.2, 0.25) is 5.91 Å². The van der Waals surface area contributed by atoms with Crippen LogP contribution in [0.4, 0.5) is 5.69 Å².